The smallest absolute Gasteiger partial charge is 0.421 e. The topological polar surface area (TPSA) is 35.5 Å². The summed E-state index contributed by atoms with van der Waals surface area (Å²) in [4.78, 5) is 13.6. The van der Waals surface area contributed by atoms with E-state index in [9.17, 15) is 4.79 Å². The monoisotopic (exact) mass is 506 g/mol. The van der Waals surface area contributed by atoms with Gasteiger partial charge in [-0.25, -0.2) is 4.79 Å². The predicted octanol–water partition coefficient (Wildman–Crippen LogP) is 9.31. The van der Waals surface area contributed by atoms with E-state index in [1.807, 2.05) is 97.1 Å². The van der Waals surface area contributed by atoms with E-state index in [0.717, 1.165) is 33.4 Å². The Labute approximate surface area is 227 Å². The molecule has 2 atom stereocenters. The second-order valence-corrected chi connectivity index (χ2v) is 11.7. The maximum atomic E-state index is 13.6. The Hall–Kier alpha value is -3.85. The molecule has 0 bridgehead atoms. The van der Waals surface area contributed by atoms with Crippen molar-refractivity contribution in [1.82, 2.24) is 0 Å². The van der Waals surface area contributed by atoms with E-state index in [1.54, 1.807) is 0 Å². The highest BCUT2D eigenvalue weighted by Crippen LogP contribution is 2.38. The van der Waals surface area contributed by atoms with Crippen LogP contribution >= 0.6 is 0 Å². The lowest BCUT2D eigenvalue weighted by Gasteiger charge is -2.29. The van der Waals surface area contributed by atoms with Gasteiger partial charge in [0, 0.05) is 11.1 Å². The number of benzene rings is 4. The highest BCUT2D eigenvalue weighted by Gasteiger charge is 2.30. The molecular weight excluding hydrogens is 468 g/mol. The summed E-state index contributed by atoms with van der Waals surface area (Å²) in [5.41, 5.74) is 5.69. The van der Waals surface area contributed by atoms with E-state index in [4.69, 9.17) is 9.47 Å². The van der Waals surface area contributed by atoms with Crippen LogP contribution in [0.2, 0.25) is 0 Å². The zero-order valence-corrected chi connectivity index (χ0v) is 23.3. The zero-order chi connectivity index (χ0) is 27.3. The molecule has 0 spiro atoms. The molecule has 4 aromatic rings. The van der Waals surface area contributed by atoms with E-state index in [2.05, 4.69) is 53.7 Å². The fraction of sp³-hybridized carbons (Fsp3) is 0.286. The molecule has 196 valence electrons. The van der Waals surface area contributed by atoms with Crippen LogP contribution < -0.4 is 0 Å². The van der Waals surface area contributed by atoms with Crippen LogP contribution in [0.15, 0.2) is 109 Å². The van der Waals surface area contributed by atoms with E-state index < -0.39 is 18.4 Å². The van der Waals surface area contributed by atoms with E-state index >= 15 is 0 Å². The van der Waals surface area contributed by atoms with Gasteiger partial charge in [0.1, 0.15) is 0 Å². The van der Waals surface area contributed by atoms with Crippen LogP contribution in [0.4, 0.5) is 4.79 Å². The predicted molar refractivity (Wildman–Crippen MR) is 154 cm³/mol. The molecule has 0 N–H and O–H groups in total. The highest BCUT2D eigenvalue weighted by atomic mass is 16.7. The van der Waals surface area contributed by atoms with Gasteiger partial charge in [-0.3, -0.25) is 0 Å². The van der Waals surface area contributed by atoms with Gasteiger partial charge in [-0.2, -0.15) is 0 Å². The SMILES string of the molecule is CC(C)(C)c1ccccc1C(OC(=O)OC(c1ccccc1)c1ccccc1C(C)(C)C)c1ccccc1. The summed E-state index contributed by atoms with van der Waals surface area (Å²) in [7, 11) is 0. The molecule has 0 aliphatic carbocycles. The summed E-state index contributed by atoms with van der Waals surface area (Å²) < 4.78 is 12.4. The molecule has 0 saturated carbocycles. The van der Waals surface area contributed by atoms with Crippen LogP contribution in [-0.2, 0) is 20.3 Å². The fourth-order valence-corrected chi connectivity index (χ4v) is 4.92. The van der Waals surface area contributed by atoms with Crippen LogP contribution in [0.25, 0.3) is 0 Å². The fourth-order valence-electron chi connectivity index (χ4n) is 4.92. The summed E-state index contributed by atoms with van der Waals surface area (Å²) in [6.45, 7) is 13.0. The minimum absolute atomic E-state index is 0.130. The summed E-state index contributed by atoms with van der Waals surface area (Å²) in [5, 5.41) is 0. The first-order valence-corrected chi connectivity index (χ1v) is 13.2. The minimum atomic E-state index is -0.708. The maximum Gasteiger partial charge on any atom is 0.510 e. The van der Waals surface area contributed by atoms with Gasteiger partial charge in [0.2, 0.25) is 0 Å². The third-order valence-electron chi connectivity index (χ3n) is 6.74. The van der Waals surface area contributed by atoms with Crippen molar-refractivity contribution >= 4 is 6.16 Å². The highest BCUT2D eigenvalue weighted by molar-refractivity contribution is 5.63. The molecule has 0 aliphatic heterocycles. The molecule has 0 fully saturated rings. The average Bonchev–Trinajstić information content (AvgIpc) is 2.90. The summed E-state index contributed by atoms with van der Waals surface area (Å²) in [6.07, 6.45) is -1.91. The minimum Gasteiger partial charge on any atom is -0.421 e. The first-order chi connectivity index (χ1) is 18.1. The van der Waals surface area contributed by atoms with Gasteiger partial charge in [-0.05, 0) is 33.1 Å². The van der Waals surface area contributed by atoms with Crippen molar-refractivity contribution in [3.8, 4) is 0 Å². The van der Waals surface area contributed by atoms with Crippen molar-refractivity contribution in [2.24, 2.45) is 0 Å². The van der Waals surface area contributed by atoms with Crippen molar-refractivity contribution in [3.05, 3.63) is 143 Å². The number of carbonyl (C=O) groups is 1. The summed E-state index contributed by atoms with van der Waals surface area (Å²) in [5.74, 6) is 0. The van der Waals surface area contributed by atoms with Gasteiger partial charge in [-0.15, -0.1) is 0 Å². The van der Waals surface area contributed by atoms with Crippen molar-refractivity contribution in [2.45, 2.75) is 64.6 Å². The van der Waals surface area contributed by atoms with E-state index in [1.165, 1.54) is 0 Å². The lowest BCUT2D eigenvalue weighted by Crippen LogP contribution is -2.23. The Kier molecular flexibility index (Phi) is 8.06. The summed E-state index contributed by atoms with van der Waals surface area (Å²) >= 11 is 0. The van der Waals surface area contributed by atoms with Gasteiger partial charge in [0.05, 0.1) is 0 Å². The number of hydrogen-bond donors (Lipinski definition) is 0. The quantitative estimate of drug-likeness (QED) is 0.244. The van der Waals surface area contributed by atoms with Crippen molar-refractivity contribution < 1.29 is 14.3 Å². The maximum absolute atomic E-state index is 13.6. The largest absolute Gasteiger partial charge is 0.510 e. The molecular formula is C35H38O3. The first kappa shape index (κ1) is 27.2. The number of hydrogen-bond acceptors (Lipinski definition) is 3. The van der Waals surface area contributed by atoms with Gasteiger partial charge >= 0.3 is 6.16 Å². The van der Waals surface area contributed by atoms with E-state index in [0.29, 0.717) is 0 Å². The van der Waals surface area contributed by atoms with Crippen molar-refractivity contribution in [2.75, 3.05) is 0 Å². The Morgan fingerprint density at radius 1 is 0.500 bits per heavy atom. The van der Waals surface area contributed by atoms with Gasteiger partial charge in [0.25, 0.3) is 0 Å². The molecule has 0 radical (unpaired) electrons. The molecule has 3 heteroatoms. The molecule has 3 nitrogen and oxygen atoms in total. The molecule has 0 aromatic heterocycles. The second-order valence-electron chi connectivity index (χ2n) is 11.7. The molecule has 4 rings (SSSR count). The Morgan fingerprint density at radius 3 is 1.16 bits per heavy atom. The standard InChI is InChI=1S/C35H38O3/c1-34(2,3)29-23-15-13-21-27(29)31(25-17-9-7-10-18-25)37-33(36)38-32(26-19-11-8-12-20-26)28-22-14-16-24-30(28)35(4,5)6/h7-24,31-32H,1-6H3. The van der Waals surface area contributed by atoms with Crippen molar-refractivity contribution in [1.29, 1.82) is 0 Å². The average molecular weight is 507 g/mol. The number of carbonyl (C=O) groups excluding carboxylic acids is 1. The van der Waals surface area contributed by atoms with Crippen LogP contribution in [-0.4, -0.2) is 6.16 Å². The van der Waals surface area contributed by atoms with Crippen molar-refractivity contribution in [3.63, 3.8) is 0 Å². The molecule has 2 unspecified atom stereocenters. The zero-order valence-electron chi connectivity index (χ0n) is 23.3. The Balaban J connectivity index is 1.74. The molecule has 0 heterocycles. The van der Waals surface area contributed by atoms with Crippen LogP contribution in [0.1, 0.15) is 87.1 Å². The summed E-state index contributed by atoms with van der Waals surface area (Å²) in [6, 6.07) is 36.0. The van der Waals surface area contributed by atoms with Crippen LogP contribution in [0, 0.1) is 0 Å². The second kappa shape index (κ2) is 11.3. The van der Waals surface area contributed by atoms with Crippen LogP contribution in [0.3, 0.4) is 0 Å². The van der Waals surface area contributed by atoms with Gasteiger partial charge in [-0.1, -0.05) is 151 Å². The number of ether oxygens (including phenoxy) is 2. The molecule has 0 aliphatic rings. The van der Waals surface area contributed by atoms with Gasteiger partial charge in [0.15, 0.2) is 12.2 Å². The molecule has 38 heavy (non-hydrogen) atoms. The normalized spacial score (nSPS) is 13.4. The molecule has 4 aromatic carbocycles. The Bertz CT molecular complexity index is 1240. The lowest BCUT2D eigenvalue weighted by atomic mass is 9.81. The first-order valence-electron chi connectivity index (χ1n) is 13.2. The number of rotatable bonds is 6. The van der Waals surface area contributed by atoms with E-state index in [-0.39, 0.29) is 10.8 Å². The third kappa shape index (κ3) is 6.34. The molecule has 0 saturated heterocycles. The molecule has 0 amide bonds. The lowest BCUT2D eigenvalue weighted by molar-refractivity contribution is 0.0159. The third-order valence-corrected chi connectivity index (χ3v) is 6.74. The van der Waals surface area contributed by atoms with Gasteiger partial charge < -0.3 is 9.47 Å². The van der Waals surface area contributed by atoms with Crippen LogP contribution in [0.5, 0.6) is 0 Å². The Morgan fingerprint density at radius 2 is 0.816 bits per heavy atom.